The van der Waals surface area contributed by atoms with Gasteiger partial charge in [0.05, 0.1) is 34.6 Å². The number of rotatable bonds is 12. The lowest BCUT2D eigenvalue weighted by Gasteiger charge is -2.28. The summed E-state index contributed by atoms with van der Waals surface area (Å²) in [5, 5.41) is 22.2. The van der Waals surface area contributed by atoms with Crippen molar-refractivity contribution < 1.29 is 78.3 Å². The smallest absolute Gasteiger partial charge is 0.421 e. The molecule has 0 aliphatic rings. The Morgan fingerprint density at radius 2 is 1.16 bits per heavy atom. The number of halogens is 10. The summed E-state index contributed by atoms with van der Waals surface area (Å²) in [6.07, 6.45) is -5.51. The Morgan fingerprint density at radius 1 is 0.686 bits per heavy atom. The van der Waals surface area contributed by atoms with Gasteiger partial charge in [-0.2, -0.15) is 31.1 Å². The number of anilines is 2. The first kappa shape index (κ1) is 53.3. The third kappa shape index (κ3) is 12.3. The van der Waals surface area contributed by atoms with Gasteiger partial charge in [-0.05, 0) is 70.2 Å². The van der Waals surface area contributed by atoms with Gasteiger partial charge in [0, 0.05) is 61.0 Å². The van der Waals surface area contributed by atoms with Gasteiger partial charge in [0.25, 0.3) is 11.6 Å². The monoisotopic (exact) mass is 1020 g/mol. The summed E-state index contributed by atoms with van der Waals surface area (Å²) in [6, 6.07) is 10.1. The number of esters is 1. The molecular formula is C45H34Cl2F8N6O9. The zero-order valence-electron chi connectivity index (χ0n) is 36.6. The number of benzene rings is 2. The zero-order chi connectivity index (χ0) is 52.0. The summed E-state index contributed by atoms with van der Waals surface area (Å²) < 4.78 is 125. The fourth-order valence-corrected chi connectivity index (χ4v) is 6.55. The topological polar surface area (TPSA) is 188 Å². The van der Waals surface area contributed by atoms with Crippen molar-refractivity contribution in [1.29, 1.82) is 0 Å². The zero-order valence-corrected chi connectivity index (χ0v) is 38.1. The van der Waals surface area contributed by atoms with E-state index >= 15 is 4.39 Å². The van der Waals surface area contributed by atoms with Crippen LogP contribution in [0.5, 0.6) is 23.3 Å². The number of aromatic nitrogens is 4. The summed E-state index contributed by atoms with van der Waals surface area (Å²) in [5.74, 6) is -10.2. The number of carbonyl (C=O) groups excluding carboxylic acids is 3. The maximum atomic E-state index is 15.1. The van der Waals surface area contributed by atoms with Crippen LogP contribution in [0.25, 0.3) is 0 Å². The maximum absolute atomic E-state index is 15.1. The molecule has 368 valence electrons. The maximum Gasteiger partial charge on any atom is 0.421 e. The van der Waals surface area contributed by atoms with Gasteiger partial charge in [-0.15, -0.1) is 0 Å². The second kappa shape index (κ2) is 21.7. The Hall–Kier alpha value is -7.66. The van der Waals surface area contributed by atoms with E-state index < -0.39 is 111 Å². The number of carbonyl (C=O) groups is 4. The summed E-state index contributed by atoms with van der Waals surface area (Å²) >= 11 is 11.5. The largest absolute Gasteiger partial charge is 0.618 e. The highest BCUT2D eigenvalue weighted by Crippen LogP contribution is 2.41. The van der Waals surface area contributed by atoms with Gasteiger partial charge < -0.3 is 29.4 Å². The van der Waals surface area contributed by atoms with E-state index in [1.807, 2.05) is 0 Å². The molecule has 2 amide bonds. The number of amides is 2. The van der Waals surface area contributed by atoms with Crippen LogP contribution in [0.1, 0.15) is 80.5 Å². The lowest BCUT2D eigenvalue weighted by atomic mass is 10.1. The van der Waals surface area contributed by atoms with Crippen molar-refractivity contribution >= 4 is 58.3 Å². The van der Waals surface area contributed by atoms with Gasteiger partial charge >= 0.3 is 30.2 Å². The van der Waals surface area contributed by atoms with E-state index in [2.05, 4.69) is 15.0 Å². The fourth-order valence-electron chi connectivity index (χ4n) is 6.29. The molecule has 0 aliphatic heterocycles. The molecule has 0 atom stereocenters. The summed E-state index contributed by atoms with van der Waals surface area (Å²) in [7, 11) is 1.05. The minimum atomic E-state index is -4.87. The van der Waals surface area contributed by atoms with Crippen molar-refractivity contribution in [1.82, 2.24) is 15.0 Å². The second-order valence-corrected chi connectivity index (χ2v) is 15.6. The minimum absolute atomic E-state index is 0.0389. The molecule has 6 aromatic rings. The van der Waals surface area contributed by atoms with Crippen LogP contribution in [-0.2, 0) is 17.1 Å². The Bertz CT molecular complexity index is 2940. The molecule has 0 saturated heterocycles. The molecule has 4 aromatic heterocycles. The first-order valence-electron chi connectivity index (χ1n) is 19.8. The van der Waals surface area contributed by atoms with Crippen LogP contribution in [0.15, 0.2) is 97.6 Å². The van der Waals surface area contributed by atoms with Crippen molar-refractivity contribution in [2.45, 2.75) is 52.1 Å². The number of carboxylic acid groups (broad SMARTS) is 1. The van der Waals surface area contributed by atoms with Crippen LogP contribution < -0.4 is 24.0 Å². The second-order valence-electron chi connectivity index (χ2n) is 14.8. The summed E-state index contributed by atoms with van der Waals surface area (Å²) in [4.78, 5) is 63.7. The van der Waals surface area contributed by atoms with Gasteiger partial charge in [0.2, 0.25) is 11.8 Å². The Morgan fingerprint density at radius 3 is 1.59 bits per heavy atom. The first-order valence-corrected chi connectivity index (χ1v) is 20.6. The molecule has 2 aromatic carbocycles. The number of carboxylic acids is 1. The van der Waals surface area contributed by atoms with Crippen LogP contribution in [0.3, 0.4) is 0 Å². The van der Waals surface area contributed by atoms with E-state index in [4.69, 9.17) is 37.4 Å². The number of ether oxygens (including phenoxy) is 3. The minimum Gasteiger partial charge on any atom is -0.618 e. The number of aromatic carboxylic acids is 1. The average Bonchev–Trinajstić information content (AvgIpc) is 3.27. The van der Waals surface area contributed by atoms with Crippen molar-refractivity contribution in [3.8, 4) is 23.3 Å². The lowest BCUT2D eigenvalue weighted by molar-refractivity contribution is -0.607. The molecular weight excluding hydrogens is 991 g/mol. The van der Waals surface area contributed by atoms with Crippen LogP contribution in [0.4, 0.5) is 46.5 Å². The van der Waals surface area contributed by atoms with Gasteiger partial charge in [-0.1, -0.05) is 23.2 Å². The molecule has 0 aliphatic carbocycles. The van der Waals surface area contributed by atoms with E-state index in [0.29, 0.717) is 24.3 Å². The summed E-state index contributed by atoms with van der Waals surface area (Å²) in [6.45, 7) is 6.20. The van der Waals surface area contributed by atoms with Gasteiger partial charge in [-0.25, -0.2) is 33.3 Å². The number of alkyl halides is 6. The van der Waals surface area contributed by atoms with Gasteiger partial charge in [0.15, 0.2) is 29.3 Å². The number of hydrogen-bond acceptors (Lipinski definition) is 11. The normalized spacial score (nSPS) is 11.4. The molecule has 0 spiro atoms. The van der Waals surface area contributed by atoms with Gasteiger partial charge in [-0.3, -0.25) is 14.5 Å². The molecule has 0 fully saturated rings. The molecule has 25 heteroatoms. The fraction of sp³-hybridized carbons (Fsp3) is 0.200. The Labute approximate surface area is 401 Å². The quantitative estimate of drug-likeness (QED) is 0.0529. The molecule has 0 unspecified atom stereocenters. The number of pyridine rings is 4. The first-order chi connectivity index (χ1) is 32.7. The number of nitrogens with zero attached hydrogens (tertiary/aromatic N) is 6. The Kier molecular flexibility index (Phi) is 16.6. The van der Waals surface area contributed by atoms with E-state index in [1.165, 1.54) is 38.2 Å². The number of methoxy groups -OCH3 is 1. The van der Waals surface area contributed by atoms with Crippen LogP contribution in [-0.4, -0.2) is 63.0 Å². The van der Waals surface area contributed by atoms with Crippen LogP contribution >= 0.6 is 23.2 Å². The van der Waals surface area contributed by atoms with Crippen molar-refractivity contribution in [3.05, 3.63) is 158 Å². The molecule has 6 rings (SSSR count). The van der Waals surface area contributed by atoms with Crippen molar-refractivity contribution in [2.75, 3.05) is 16.9 Å². The Balaban J connectivity index is 0.000000261. The standard InChI is InChI=1S/C23H18ClF4N3O4.C22H16ClF4N3O5/c1-12(2)31(21(32)17-7-6-13(24)11-30-17)18-10-16(25)19(9-14(18)22(33)34-3)35-20-15(23(26,27)28)5-4-8-29-20;1-11(2)30(20(31)16-6-5-12(23)10-29(16)34)17-9-15(24)18(8-13(17)21(32)33)35-19-14(22(25,26)27)4-3-7-28-19/h4-12H,1-3H3;3-11H,1-2H3,(H,32,33). The van der Waals surface area contributed by atoms with E-state index in [1.54, 1.807) is 13.8 Å². The third-order valence-electron chi connectivity index (χ3n) is 9.34. The number of hydrogen-bond donors (Lipinski definition) is 1. The molecule has 15 nitrogen and oxygen atoms in total. The summed E-state index contributed by atoms with van der Waals surface area (Å²) in [5.41, 5.74) is -4.65. The molecule has 4 heterocycles. The highest BCUT2D eigenvalue weighted by molar-refractivity contribution is 6.30. The van der Waals surface area contributed by atoms with Gasteiger partial charge in [0.1, 0.15) is 21.8 Å². The van der Waals surface area contributed by atoms with Crippen LogP contribution in [0, 0.1) is 16.8 Å². The molecule has 0 saturated carbocycles. The van der Waals surface area contributed by atoms with Crippen molar-refractivity contribution in [2.24, 2.45) is 0 Å². The van der Waals surface area contributed by atoms with Crippen LogP contribution in [0.2, 0.25) is 10.0 Å². The van der Waals surface area contributed by atoms with Crippen molar-refractivity contribution in [3.63, 3.8) is 0 Å². The molecule has 0 bridgehead atoms. The predicted molar refractivity (Wildman–Crippen MR) is 233 cm³/mol. The molecule has 0 radical (unpaired) electrons. The molecule has 1 N–H and O–H groups in total. The van der Waals surface area contributed by atoms with E-state index in [-0.39, 0.29) is 31.7 Å². The third-order valence-corrected chi connectivity index (χ3v) is 9.78. The highest BCUT2D eigenvalue weighted by Gasteiger charge is 2.38. The average molecular weight is 1030 g/mol. The predicted octanol–water partition coefficient (Wildman–Crippen LogP) is 11.0. The molecule has 70 heavy (non-hydrogen) atoms. The SMILES string of the molecule is CC(C)N(C(=O)c1ccc(Cl)c[n+]1[O-])c1cc(F)c(Oc2ncccc2C(F)(F)F)cc1C(=O)O.COC(=O)c1cc(Oc2ncccc2C(F)(F)F)c(F)cc1N(C(=O)c1ccc(Cl)cn1)C(C)C. The highest BCUT2D eigenvalue weighted by atomic mass is 35.5. The van der Waals surface area contributed by atoms with E-state index in [9.17, 15) is 60.2 Å². The lowest BCUT2D eigenvalue weighted by Crippen LogP contribution is -2.45. The van der Waals surface area contributed by atoms with E-state index in [0.717, 1.165) is 65.8 Å².